The summed E-state index contributed by atoms with van der Waals surface area (Å²) in [6.07, 6.45) is -7.35. The van der Waals surface area contributed by atoms with E-state index in [2.05, 4.69) is 0 Å². The third kappa shape index (κ3) is 12.5. The SMILES string of the molecule is COC(=O)COc1cc(OC)c([C@@H]2O[C@H](COC(=O)C(C)(C)C)[C@@H](OC(=O)C(C)(C)C)[C@H](OC(=O)C(C)(C)C)[C@H]2OC(=O)C(C)(C)C)cc1C(=O)C(C)c1ccccc1. The summed E-state index contributed by atoms with van der Waals surface area (Å²) in [7, 11) is 2.55. The molecule has 2 aromatic rings. The quantitative estimate of drug-likeness (QED) is 0.113. The zero-order valence-electron chi connectivity index (χ0n) is 37.1. The number of methoxy groups -OCH3 is 2. The van der Waals surface area contributed by atoms with Gasteiger partial charge >= 0.3 is 29.8 Å². The van der Waals surface area contributed by atoms with Crippen molar-refractivity contribution in [3.05, 3.63) is 59.2 Å². The van der Waals surface area contributed by atoms with Crippen LogP contribution in [0.1, 0.15) is 124 Å². The van der Waals surface area contributed by atoms with Crippen molar-refractivity contribution in [1.29, 1.82) is 0 Å². The van der Waals surface area contributed by atoms with Crippen LogP contribution in [0.4, 0.5) is 0 Å². The Labute approximate surface area is 347 Å². The highest BCUT2D eigenvalue weighted by atomic mass is 16.7. The first kappa shape index (κ1) is 48.4. The van der Waals surface area contributed by atoms with Gasteiger partial charge in [-0.05, 0) is 94.7 Å². The van der Waals surface area contributed by atoms with Crippen LogP contribution in [0.2, 0.25) is 0 Å². The molecule has 14 heteroatoms. The van der Waals surface area contributed by atoms with Gasteiger partial charge in [0.1, 0.15) is 30.3 Å². The lowest BCUT2D eigenvalue weighted by atomic mass is 9.86. The predicted molar refractivity (Wildman–Crippen MR) is 216 cm³/mol. The van der Waals surface area contributed by atoms with Crippen LogP contribution in [-0.4, -0.2) is 87.5 Å². The first-order chi connectivity index (χ1) is 27.1. The predicted octanol–water partition coefficient (Wildman–Crippen LogP) is 7.14. The van der Waals surface area contributed by atoms with E-state index in [1.807, 2.05) is 6.07 Å². The van der Waals surface area contributed by atoms with Gasteiger partial charge in [-0.3, -0.25) is 24.0 Å². The Balaban J connectivity index is 2.44. The second kappa shape index (κ2) is 18.9. The number of esters is 5. The average molecular weight is 827 g/mol. The van der Waals surface area contributed by atoms with E-state index < -0.39 is 107 Å². The maximum absolute atomic E-state index is 14.5. The lowest BCUT2D eigenvalue weighted by Crippen LogP contribution is -2.61. The van der Waals surface area contributed by atoms with Gasteiger partial charge in [0.05, 0.1) is 41.4 Å². The van der Waals surface area contributed by atoms with Crippen LogP contribution in [0, 0.1) is 21.7 Å². The Hall–Kier alpha value is -4.98. The summed E-state index contributed by atoms with van der Waals surface area (Å²) in [6.45, 7) is 20.3. The van der Waals surface area contributed by atoms with Crippen LogP contribution in [0.15, 0.2) is 42.5 Å². The highest BCUT2D eigenvalue weighted by Gasteiger charge is 2.55. The topological polar surface area (TPSA) is 176 Å². The first-order valence-electron chi connectivity index (χ1n) is 19.6. The van der Waals surface area contributed by atoms with Crippen LogP contribution in [0.5, 0.6) is 11.5 Å². The van der Waals surface area contributed by atoms with Gasteiger partial charge in [-0.15, -0.1) is 0 Å². The van der Waals surface area contributed by atoms with Gasteiger partial charge in [0, 0.05) is 17.5 Å². The van der Waals surface area contributed by atoms with Crippen LogP contribution >= 0.6 is 0 Å². The van der Waals surface area contributed by atoms with Crippen LogP contribution in [0.25, 0.3) is 0 Å². The van der Waals surface area contributed by atoms with E-state index in [1.54, 1.807) is 114 Å². The summed E-state index contributed by atoms with van der Waals surface area (Å²) >= 11 is 0. The van der Waals surface area contributed by atoms with Crippen molar-refractivity contribution in [1.82, 2.24) is 0 Å². The van der Waals surface area contributed by atoms with Gasteiger partial charge in [0.15, 0.2) is 30.7 Å². The number of benzene rings is 2. The van der Waals surface area contributed by atoms with E-state index in [9.17, 15) is 28.8 Å². The Morgan fingerprint density at radius 1 is 0.644 bits per heavy atom. The molecule has 0 spiro atoms. The fraction of sp³-hybridized carbons (Fsp3) is 0.600. The van der Waals surface area contributed by atoms with Crippen molar-refractivity contribution in [3.63, 3.8) is 0 Å². The second-order valence-electron chi connectivity index (χ2n) is 18.8. The highest BCUT2D eigenvalue weighted by molar-refractivity contribution is 6.03. The summed E-state index contributed by atoms with van der Waals surface area (Å²) in [6, 6.07) is 11.8. The summed E-state index contributed by atoms with van der Waals surface area (Å²) in [5.74, 6) is -4.56. The molecule has 14 nitrogen and oxygen atoms in total. The molecule has 1 fully saturated rings. The minimum atomic E-state index is -1.56. The molecule has 2 aromatic carbocycles. The number of rotatable bonds is 13. The molecule has 0 aliphatic carbocycles. The Kier molecular flexibility index (Phi) is 15.5. The maximum Gasteiger partial charge on any atom is 0.343 e. The van der Waals surface area contributed by atoms with Gasteiger partial charge in [-0.1, -0.05) is 37.3 Å². The summed E-state index contributed by atoms with van der Waals surface area (Å²) in [5, 5.41) is 0. The van der Waals surface area contributed by atoms with E-state index in [0.717, 1.165) is 0 Å². The Morgan fingerprint density at radius 3 is 1.61 bits per heavy atom. The number of Topliss-reactive ketones (excluding diaryl/α,β-unsaturated/α-hetero) is 1. The Bertz CT molecular complexity index is 1840. The van der Waals surface area contributed by atoms with Crippen molar-refractivity contribution in [3.8, 4) is 11.5 Å². The number of hydrogen-bond acceptors (Lipinski definition) is 14. The van der Waals surface area contributed by atoms with Gasteiger partial charge < -0.3 is 37.9 Å². The molecule has 0 N–H and O–H groups in total. The fourth-order valence-electron chi connectivity index (χ4n) is 5.59. The molecule has 0 radical (unpaired) electrons. The van der Waals surface area contributed by atoms with Crippen LogP contribution in [0.3, 0.4) is 0 Å². The number of hydrogen-bond donors (Lipinski definition) is 0. The van der Waals surface area contributed by atoms with Gasteiger partial charge in [-0.25, -0.2) is 4.79 Å². The fourth-order valence-corrected chi connectivity index (χ4v) is 5.59. The molecule has 1 heterocycles. The van der Waals surface area contributed by atoms with Crippen LogP contribution < -0.4 is 9.47 Å². The lowest BCUT2D eigenvalue weighted by Gasteiger charge is -2.46. The average Bonchev–Trinajstić information content (AvgIpc) is 3.15. The van der Waals surface area contributed by atoms with Gasteiger partial charge in [0.2, 0.25) is 0 Å². The number of carbonyl (C=O) groups is 6. The molecule has 1 unspecified atom stereocenters. The summed E-state index contributed by atoms with van der Waals surface area (Å²) < 4.78 is 47.5. The molecule has 6 atom stereocenters. The highest BCUT2D eigenvalue weighted by Crippen LogP contribution is 2.45. The molecule has 0 aromatic heterocycles. The molecule has 0 amide bonds. The molecular formula is C45H62O14. The monoisotopic (exact) mass is 826 g/mol. The summed E-state index contributed by atoms with van der Waals surface area (Å²) in [5.41, 5.74) is -3.36. The van der Waals surface area contributed by atoms with Crippen molar-refractivity contribution >= 4 is 35.6 Å². The molecular weight excluding hydrogens is 764 g/mol. The minimum Gasteiger partial charge on any atom is -0.496 e. The minimum absolute atomic E-state index is 0.00536. The third-order valence-electron chi connectivity index (χ3n) is 9.36. The molecule has 1 aliphatic rings. The largest absolute Gasteiger partial charge is 0.496 e. The molecule has 0 bridgehead atoms. The Morgan fingerprint density at radius 2 is 1.14 bits per heavy atom. The van der Waals surface area contributed by atoms with E-state index in [0.29, 0.717) is 5.56 Å². The van der Waals surface area contributed by atoms with Crippen molar-refractivity contribution < 1.29 is 66.7 Å². The van der Waals surface area contributed by atoms with Gasteiger partial charge in [0.25, 0.3) is 0 Å². The van der Waals surface area contributed by atoms with E-state index in [4.69, 9.17) is 37.9 Å². The van der Waals surface area contributed by atoms with Crippen molar-refractivity contribution in [2.24, 2.45) is 21.7 Å². The zero-order chi connectivity index (χ0) is 44.8. The van der Waals surface area contributed by atoms with Crippen molar-refractivity contribution in [2.45, 2.75) is 126 Å². The molecule has 1 saturated heterocycles. The van der Waals surface area contributed by atoms with Crippen molar-refractivity contribution in [2.75, 3.05) is 27.4 Å². The number of ketones is 1. The summed E-state index contributed by atoms with van der Waals surface area (Å²) in [4.78, 5) is 81.3. The van der Waals surface area contributed by atoms with Gasteiger partial charge in [-0.2, -0.15) is 0 Å². The molecule has 59 heavy (non-hydrogen) atoms. The number of ether oxygens (including phenoxy) is 8. The molecule has 3 rings (SSSR count). The third-order valence-corrected chi connectivity index (χ3v) is 9.36. The van der Waals surface area contributed by atoms with Crippen LogP contribution in [-0.2, 0) is 52.4 Å². The first-order valence-corrected chi connectivity index (χ1v) is 19.6. The second-order valence-corrected chi connectivity index (χ2v) is 18.8. The number of carbonyl (C=O) groups excluding carboxylic acids is 6. The van der Waals surface area contributed by atoms with E-state index >= 15 is 0 Å². The smallest absolute Gasteiger partial charge is 0.343 e. The lowest BCUT2D eigenvalue weighted by molar-refractivity contribution is -0.262. The van der Waals surface area contributed by atoms with E-state index in [-0.39, 0.29) is 22.6 Å². The normalized spacial score (nSPS) is 20.4. The standard InChI is InChI=1S/C45H62O14/c1-25(26-19-17-16-18-20-26)33(47)27-21-28(29(52-14)22-30(27)54-24-32(46)53-15)34-36(58-40(50)44(8,9)10)37(59-41(51)45(11,12)13)35(57-39(49)43(5,6)7)31(56-34)23-55-38(48)42(2,3)4/h16-22,25,31,34-37H,23-24H2,1-15H3/t25?,31-,34+,35-,36+,37+/m1/s1. The molecule has 326 valence electrons. The molecule has 0 saturated carbocycles. The van der Waals surface area contributed by atoms with E-state index in [1.165, 1.54) is 26.4 Å². The molecule has 1 aliphatic heterocycles. The maximum atomic E-state index is 14.5. The zero-order valence-corrected chi connectivity index (χ0v) is 37.1.